The van der Waals surface area contributed by atoms with Gasteiger partial charge in [0.05, 0.1) is 13.1 Å². The summed E-state index contributed by atoms with van der Waals surface area (Å²) in [7, 11) is 1.85. The molecule has 1 aliphatic heterocycles. The van der Waals surface area contributed by atoms with Crippen LogP contribution in [0.4, 0.5) is 4.79 Å². The number of amides is 2. The quantitative estimate of drug-likeness (QED) is 0.840. The second kappa shape index (κ2) is 6.64. The fourth-order valence-corrected chi connectivity index (χ4v) is 3.30. The van der Waals surface area contributed by atoms with Crippen LogP contribution in [0.5, 0.6) is 0 Å². The first-order chi connectivity index (χ1) is 9.89. The van der Waals surface area contributed by atoms with E-state index in [-0.39, 0.29) is 12.6 Å². The van der Waals surface area contributed by atoms with Crippen molar-refractivity contribution in [1.29, 1.82) is 0 Å². The van der Waals surface area contributed by atoms with E-state index in [4.69, 9.17) is 9.84 Å². The highest BCUT2D eigenvalue weighted by Crippen LogP contribution is 2.27. The topological polar surface area (TPSA) is 70.1 Å². The second-order valence-corrected chi connectivity index (χ2v) is 6.66. The number of likely N-dealkylation sites (tertiary alicyclic amines) is 1. The lowest BCUT2D eigenvalue weighted by Gasteiger charge is -2.48. The maximum Gasteiger partial charge on any atom is 0.329 e. The molecule has 6 heteroatoms. The van der Waals surface area contributed by atoms with Crippen molar-refractivity contribution in [1.82, 2.24) is 9.80 Å². The zero-order valence-corrected chi connectivity index (χ0v) is 13.0. The molecule has 1 N–H and O–H groups in total. The molecule has 0 unspecified atom stereocenters. The molecule has 1 saturated heterocycles. The molecule has 21 heavy (non-hydrogen) atoms. The fraction of sp³-hybridized carbons (Fsp3) is 0.867. The predicted octanol–water partition coefficient (Wildman–Crippen LogP) is 1.79. The summed E-state index contributed by atoms with van der Waals surface area (Å²) in [6.07, 6.45) is 6.31. The molecule has 1 saturated carbocycles. The van der Waals surface area contributed by atoms with E-state index >= 15 is 0 Å². The number of carboxylic acids is 1. The summed E-state index contributed by atoms with van der Waals surface area (Å²) in [5, 5.41) is 8.63. The maximum atomic E-state index is 12.3. The van der Waals surface area contributed by atoms with Gasteiger partial charge in [0.2, 0.25) is 0 Å². The summed E-state index contributed by atoms with van der Waals surface area (Å²) in [6.45, 7) is 3.29. The molecular formula is C15H26N2O4. The smallest absolute Gasteiger partial charge is 0.329 e. The molecule has 0 aromatic carbocycles. The van der Waals surface area contributed by atoms with Gasteiger partial charge >= 0.3 is 12.0 Å². The van der Waals surface area contributed by atoms with Gasteiger partial charge in [-0.25, -0.2) is 9.59 Å². The first kappa shape index (κ1) is 16.1. The number of urea groups is 1. The number of carboxylic acid groups (broad SMARTS) is 1. The molecule has 0 radical (unpaired) electrons. The molecule has 1 heterocycles. The van der Waals surface area contributed by atoms with Gasteiger partial charge in [-0.2, -0.15) is 0 Å². The highest BCUT2D eigenvalue weighted by atomic mass is 16.5. The number of carbonyl (C=O) groups excluding carboxylic acids is 1. The summed E-state index contributed by atoms with van der Waals surface area (Å²) in [5.41, 5.74) is -0.514. The molecule has 0 spiro atoms. The summed E-state index contributed by atoms with van der Waals surface area (Å²) in [4.78, 5) is 26.3. The summed E-state index contributed by atoms with van der Waals surface area (Å²) < 4.78 is 5.33. The summed E-state index contributed by atoms with van der Waals surface area (Å²) in [6, 6.07) is 0.0250. The van der Waals surface area contributed by atoms with Crippen molar-refractivity contribution in [3.63, 3.8) is 0 Å². The number of nitrogens with zero attached hydrogens (tertiary/aromatic N) is 2. The number of ether oxygens (including phenoxy) is 1. The third kappa shape index (κ3) is 4.33. The van der Waals surface area contributed by atoms with E-state index in [2.05, 4.69) is 0 Å². The van der Waals surface area contributed by atoms with Crippen LogP contribution in [0, 0.1) is 5.92 Å². The van der Waals surface area contributed by atoms with Gasteiger partial charge in [0.25, 0.3) is 0 Å². The van der Waals surface area contributed by atoms with E-state index in [0.717, 1.165) is 6.54 Å². The molecule has 0 aromatic heterocycles. The largest absolute Gasteiger partial charge is 0.480 e. The van der Waals surface area contributed by atoms with Gasteiger partial charge < -0.3 is 19.6 Å². The average molecular weight is 298 g/mol. The summed E-state index contributed by atoms with van der Waals surface area (Å²) >= 11 is 0. The molecule has 1 aliphatic carbocycles. The van der Waals surface area contributed by atoms with Crippen LogP contribution < -0.4 is 0 Å². The molecule has 0 aromatic rings. The zero-order valence-electron chi connectivity index (χ0n) is 13.0. The summed E-state index contributed by atoms with van der Waals surface area (Å²) in [5.74, 6) is -0.348. The van der Waals surface area contributed by atoms with Crippen LogP contribution in [0.2, 0.25) is 0 Å². The molecule has 120 valence electrons. The van der Waals surface area contributed by atoms with Gasteiger partial charge in [0.1, 0.15) is 12.2 Å². The lowest BCUT2D eigenvalue weighted by Crippen LogP contribution is -2.65. The number of hydrogen-bond acceptors (Lipinski definition) is 3. The van der Waals surface area contributed by atoms with Crippen molar-refractivity contribution in [2.45, 2.75) is 44.6 Å². The van der Waals surface area contributed by atoms with Gasteiger partial charge in [0.15, 0.2) is 0 Å². The monoisotopic (exact) mass is 298 g/mol. The van der Waals surface area contributed by atoms with E-state index in [9.17, 15) is 9.59 Å². The Labute approximate surface area is 126 Å². The molecule has 6 nitrogen and oxygen atoms in total. The van der Waals surface area contributed by atoms with Gasteiger partial charge in [-0.3, -0.25) is 0 Å². The van der Waals surface area contributed by atoms with Crippen LogP contribution in [-0.4, -0.2) is 65.8 Å². The van der Waals surface area contributed by atoms with Gasteiger partial charge in [-0.05, 0) is 25.7 Å². The van der Waals surface area contributed by atoms with Gasteiger partial charge in [-0.1, -0.05) is 19.3 Å². The molecule has 2 aliphatic rings. The van der Waals surface area contributed by atoms with Crippen molar-refractivity contribution in [2.24, 2.45) is 5.92 Å². The third-order valence-electron chi connectivity index (χ3n) is 4.45. The lowest BCUT2D eigenvalue weighted by atomic mass is 9.89. The first-order valence-electron chi connectivity index (χ1n) is 7.75. The number of rotatable bonds is 5. The highest BCUT2D eigenvalue weighted by Gasteiger charge is 2.43. The SMILES string of the molecule is CN(CC1CCCCC1)C(=O)N1CC(C)(OCC(=O)O)C1. The Morgan fingerprint density at radius 3 is 2.48 bits per heavy atom. The highest BCUT2D eigenvalue weighted by molar-refractivity contribution is 5.75. The molecular weight excluding hydrogens is 272 g/mol. The Hall–Kier alpha value is -1.30. The van der Waals surface area contributed by atoms with Crippen molar-refractivity contribution >= 4 is 12.0 Å². The maximum absolute atomic E-state index is 12.3. The fourth-order valence-electron chi connectivity index (χ4n) is 3.30. The van der Waals surface area contributed by atoms with Crippen molar-refractivity contribution in [3.8, 4) is 0 Å². The normalized spacial score (nSPS) is 21.7. The Balaban J connectivity index is 1.73. The number of aliphatic carboxylic acids is 1. The van der Waals surface area contributed by atoms with E-state index in [1.54, 1.807) is 9.80 Å². The molecule has 2 amide bonds. The Kier molecular flexibility index (Phi) is 5.08. The molecule has 2 rings (SSSR count). The minimum absolute atomic E-state index is 0.0250. The zero-order chi connectivity index (χ0) is 15.5. The van der Waals surface area contributed by atoms with Crippen LogP contribution in [0.15, 0.2) is 0 Å². The third-order valence-corrected chi connectivity index (χ3v) is 4.45. The van der Waals surface area contributed by atoms with E-state index < -0.39 is 11.6 Å². The van der Waals surface area contributed by atoms with Crippen LogP contribution >= 0.6 is 0 Å². The lowest BCUT2D eigenvalue weighted by molar-refractivity contribution is -0.160. The second-order valence-electron chi connectivity index (χ2n) is 6.66. The predicted molar refractivity (Wildman–Crippen MR) is 78.2 cm³/mol. The average Bonchev–Trinajstić information content (AvgIpc) is 2.42. The van der Waals surface area contributed by atoms with Crippen LogP contribution in [0.25, 0.3) is 0 Å². The first-order valence-corrected chi connectivity index (χ1v) is 7.75. The Bertz CT molecular complexity index is 387. The van der Waals surface area contributed by atoms with Crippen molar-refractivity contribution in [3.05, 3.63) is 0 Å². The van der Waals surface area contributed by atoms with Crippen LogP contribution in [0.3, 0.4) is 0 Å². The van der Waals surface area contributed by atoms with E-state index in [1.807, 2.05) is 14.0 Å². The minimum atomic E-state index is -0.976. The van der Waals surface area contributed by atoms with E-state index in [0.29, 0.717) is 19.0 Å². The van der Waals surface area contributed by atoms with Crippen molar-refractivity contribution in [2.75, 3.05) is 33.3 Å². The van der Waals surface area contributed by atoms with Gasteiger partial charge in [0, 0.05) is 13.6 Å². The van der Waals surface area contributed by atoms with Crippen LogP contribution in [-0.2, 0) is 9.53 Å². The number of hydrogen-bond donors (Lipinski definition) is 1. The van der Waals surface area contributed by atoms with Crippen molar-refractivity contribution < 1.29 is 19.4 Å². The minimum Gasteiger partial charge on any atom is -0.480 e. The molecule has 2 fully saturated rings. The van der Waals surface area contributed by atoms with E-state index in [1.165, 1.54) is 32.1 Å². The Morgan fingerprint density at radius 2 is 1.90 bits per heavy atom. The molecule has 0 atom stereocenters. The molecule has 0 bridgehead atoms. The van der Waals surface area contributed by atoms with Gasteiger partial charge in [-0.15, -0.1) is 0 Å². The number of carbonyl (C=O) groups is 2. The standard InChI is InChI=1S/C15H26N2O4/c1-15(21-9-13(18)19)10-17(11-15)14(20)16(2)8-12-6-4-3-5-7-12/h12H,3-11H2,1-2H3,(H,18,19). The Morgan fingerprint density at radius 1 is 1.29 bits per heavy atom. The van der Waals surface area contributed by atoms with Crippen LogP contribution in [0.1, 0.15) is 39.0 Å².